The predicted molar refractivity (Wildman–Crippen MR) is 84.4 cm³/mol. The summed E-state index contributed by atoms with van der Waals surface area (Å²) in [6.07, 6.45) is 2.64. The number of nitrogens with one attached hydrogen (secondary N) is 1. The van der Waals surface area contributed by atoms with Crippen LogP contribution in [0.4, 0.5) is 4.39 Å². The lowest BCUT2D eigenvalue weighted by Gasteiger charge is -2.36. The van der Waals surface area contributed by atoms with Crippen LogP contribution in [0.2, 0.25) is 0 Å². The molecule has 21 heavy (non-hydrogen) atoms. The number of hydrogen-bond donors (Lipinski definition) is 1. The van der Waals surface area contributed by atoms with Gasteiger partial charge in [-0.1, -0.05) is 12.1 Å². The Morgan fingerprint density at radius 3 is 2.62 bits per heavy atom. The third-order valence-corrected chi connectivity index (χ3v) is 4.37. The molecule has 1 aromatic rings. The van der Waals surface area contributed by atoms with Crippen molar-refractivity contribution in [3.05, 3.63) is 35.6 Å². The summed E-state index contributed by atoms with van der Waals surface area (Å²) in [5.41, 5.74) is 1.08. The van der Waals surface area contributed by atoms with Crippen LogP contribution in [0.5, 0.6) is 0 Å². The highest BCUT2D eigenvalue weighted by atomic mass is 35.5. The Morgan fingerprint density at radius 2 is 1.90 bits per heavy atom. The van der Waals surface area contributed by atoms with Crippen molar-refractivity contribution in [2.45, 2.75) is 18.9 Å². The average Bonchev–Trinajstić information content (AvgIpc) is 2.49. The molecule has 2 saturated heterocycles. The predicted octanol–water partition coefficient (Wildman–Crippen LogP) is 2.62. The van der Waals surface area contributed by atoms with Crippen molar-refractivity contribution in [3.63, 3.8) is 0 Å². The molecule has 1 unspecified atom stereocenters. The van der Waals surface area contributed by atoms with Gasteiger partial charge in [0.1, 0.15) is 5.82 Å². The van der Waals surface area contributed by atoms with Gasteiger partial charge in [0.05, 0.1) is 12.7 Å². The zero-order valence-corrected chi connectivity index (χ0v) is 13.1. The Bertz CT molecular complexity index is 423. The van der Waals surface area contributed by atoms with Crippen molar-refractivity contribution < 1.29 is 9.13 Å². The van der Waals surface area contributed by atoms with E-state index in [2.05, 4.69) is 10.2 Å². The van der Waals surface area contributed by atoms with Gasteiger partial charge in [0.15, 0.2) is 0 Å². The van der Waals surface area contributed by atoms with Crippen molar-refractivity contribution in [3.8, 4) is 0 Å². The van der Waals surface area contributed by atoms with Gasteiger partial charge in [-0.3, -0.25) is 4.90 Å². The Hall–Kier alpha value is -0.680. The first-order valence-corrected chi connectivity index (χ1v) is 7.61. The Balaban J connectivity index is 0.00000161. The maximum atomic E-state index is 13.0. The Morgan fingerprint density at radius 1 is 1.19 bits per heavy atom. The van der Waals surface area contributed by atoms with E-state index in [0.29, 0.717) is 0 Å². The number of nitrogens with zero attached hydrogens (tertiary/aromatic N) is 1. The standard InChI is InChI=1S/C16H23FN2O.ClH/c17-15-3-1-14(2-4-15)16-12-19(9-10-20-16)11-13-5-7-18-8-6-13;/h1-4,13,16,18H,5-12H2;1H. The topological polar surface area (TPSA) is 24.5 Å². The molecule has 3 rings (SSSR count). The van der Waals surface area contributed by atoms with Crippen LogP contribution in [-0.4, -0.2) is 44.2 Å². The van der Waals surface area contributed by atoms with Crippen molar-refractivity contribution >= 4 is 12.4 Å². The van der Waals surface area contributed by atoms with E-state index in [-0.39, 0.29) is 24.3 Å². The van der Waals surface area contributed by atoms with Crippen LogP contribution in [0.3, 0.4) is 0 Å². The monoisotopic (exact) mass is 314 g/mol. The largest absolute Gasteiger partial charge is 0.371 e. The van der Waals surface area contributed by atoms with E-state index in [1.54, 1.807) is 0 Å². The van der Waals surface area contributed by atoms with Crippen LogP contribution in [-0.2, 0) is 4.74 Å². The number of halogens is 2. The van der Waals surface area contributed by atoms with E-state index in [4.69, 9.17) is 4.74 Å². The molecular formula is C16H24ClFN2O. The summed E-state index contributed by atoms with van der Waals surface area (Å²) in [6.45, 7) is 6.18. The molecule has 0 aromatic heterocycles. The first kappa shape index (κ1) is 16.7. The van der Waals surface area contributed by atoms with Gasteiger partial charge in [-0.05, 0) is 49.5 Å². The number of benzene rings is 1. The van der Waals surface area contributed by atoms with Crippen LogP contribution in [0.15, 0.2) is 24.3 Å². The third-order valence-electron chi connectivity index (χ3n) is 4.37. The Kier molecular flexibility index (Phi) is 6.42. The quantitative estimate of drug-likeness (QED) is 0.928. The first-order valence-electron chi connectivity index (χ1n) is 7.61. The van der Waals surface area contributed by atoms with Gasteiger partial charge in [0.2, 0.25) is 0 Å². The smallest absolute Gasteiger partial charge is 0.123 e. The normalized spacial score (nSPS) is 24.5. The zero-order chi connectivity index (χ0) is 13.8. The molecule has 5 heteroatoms. The fourth-order valence-electron chi connectivity index (χ4n) is 3.18. The van der Waals surface area contributed by atoms with E-state index in [9.17, 15) is 4.39 Å². The SMILES string of the molecule is Cl.Fc1ccc(C2CN(CC3CCNCC3)CCO2)cc1. The second-order valence-corrected chi connectivity index (χ2v) is 5.86. The van der Waals surface area contributed by atoms with E-state index < -0.39 is 0 Å². The van der Waals surface area contributed by atoms with Gasteiger partial charge in [-0.2, -0.15) is 0 Å². The molecule has 1 N–H and O–H groups in total. The van der Waals surface area contributed by atoms with E-state index in [0.717, 1.165) is 44.3 Å². The molecule has 0 amide bonds. The molecule has 0 saturated carbocycles. The van der Waals surface area contributed by atoms with Crippen LogP contribution >= 0.6 is 12.4 Å². The summed E-state index contributed by atoms with van der Waals surface area (Å²) in [5, 5.41) is 3.41. The first-order chi connectivity index (χ1) is 9.81. The van der Waals surface area contributed by atoms with Crippen molar-refractivity contribution in [2.75, 3.05) is 39.3 Å². The molecule has 0 bridgehead atoms. The lowest BCUT2D eigenvalue weighted by Crippen LogP contribution is -2.43. The summed E-state index contributed by atoms with van der Waals surface area (Å²) < 4.78 is 18.8. The maximum absolute atomic E-state index is 13.0. The highest BCUT2D eigenvalue weighted by Gasteiger charge is 2.24. The van der Waals surface area contributed by atoms with Crippen LogP contribution in [0.1, 0.15) is 24.5 Å². The van der Waals surface area contributed by atoms with E-state index >= 15 is 0 Å². The molecule has 2 heterocycles. The van der Waals surface area contributed by atoms with Gasteiger partial charge in [0, 0.05) is 19.6 Å². The number of ether oxygens (including phenoxy) is 1. The minimum Gasteiger partial charge on any atom is -0.371 e. The zero-order valence-electron chi connectivity index (χ0n) is 12.3. The summed E-state index contributed by atoms with van der Waals surface area (Å²) in [7, 11) is 0. The molecule has 3 nitrogen and oxygen atoms in total. The highest BCUT2D eigenvalue weighted by molar-refractivity contribution is 5.85. The summed E-state index contributed by atoms with van der Waals surface area (Å²) in [4.78, 5) is 2.51. The van der Waals surface area contributed by atoms with Crippen LogP contribution < -0.4 is 5.32 Å². The summed E-state index contributed by atoms with van der Waals surface area (Å²) >= 11 is 0. The lowest BCUT2D eigenvalue weighted by atomic mass is 9.97. The molecule has 0 spiro atoms. The van der Waals surface area contributed by atoms with Crippen molar-refractivity contribution in [1.29, 1.82) is 0 Å². The number of morpholine rings is 1. The molecule has 118 valence electrons. The molecule has 1 aromatic carbocycles. The van der Waals surface area contributed by atoms with Crippen LogP contribution in [0, 0.1) is 11.7 Å². The van der Waals surface area contributed by atoms with Gasteiger partial charge < -0.3 is 10.1 Å². The van der Waals surface area contributed by atoms with Gasteiger partial charge in [-0.25, -0.2) is 4.39 Å². The molecule has 2 aliphatic rings. The van der Waals surface area contributed by atoms with Crippen LogP contribution in [0.25, 0.3) is 0 Å². The molecule has 2 aliphatic heterocycles. The second kappa shape index (κ2) is 8.08. The number of rotatable bonds is 3. The minimum absolute atomic E-state index is 0. The third kappa shape index (κ3) is 4.65. The molecule has 0 aliphatic carbocycles. The Labute approximate surface area is 132 Å². The van der Waals surface area contributed by atoms with Crippen molar-refractivity contribution in [2.24, 2.45) is 5.92 Å². The fraction of sp³-hybridized carbons (Fsp3) is 0.625. The second-order valence-electron chi connectivity index (χ2n) is 5.86. The number of piperidine rings is 1. The minimum atomic E-state index is -0.184. The van der Waals surface area contributed by atoms with E-state index in [1.165, 1.54) is 31.5 Å². The number of hydrogen-bond acceptors (Lipinski definition) is 3. The molecule has 0 radical (unpaired) electrons. The highest BCUT2D eigenvalue weighted by Crippen LogP contribution is 2.24. The van der Waals surface area contributed by atoms with Crippen molar-refractivity contribution in [1.82, 2.24) is 10.2 Å². The summed E-state index contributed by atoms with van der Waals surface area (Å²) in [6, 6.07) is 6.72. The maximum Gasteiger partial charge on any atom is 0.123 e. The molecule has 1 atom stereocenters. The lowest BCUT2D eigenvalue weighted by molar-refractivity contribution is -0.0357. The molecular weight excluding hydrogens is 291 g/mol. The van der Waals surface area contributed by atoms with E-state index in [1.807, 2.05) is 12.1 Å². The summed E-state index contributed by atoms with van der Waals surface area (Å²) in [5.74, 6) is 0.624. The van der Waals surface area contributed by atoms with Gasteiger partial charge in [0.25, 0.3) is 0 Å². The fourth-order valence-corrected chi connectivity index (χ4v) is 3.18. The molecule has 2 fully saturated rings. The van der Waals surface area contributed by atoms with Gasteiger partial charge in [-0.15, -0.1) is 12.4 Å². The average molecular weight is 315 g/mol. The van der Waals surface area contributed by atoms with Gasteiger partial charge >= 0.3 is 0 Å².